The van der Waals surface area contributed by atoms with E-state index in [0.717, 1.165) is 3.97 Å². The Morgan fingerprint density at radius 2 is 1.58 bits per heavy atom. The Labute approximate surface area is 152 Å². The van der Waals surface area contributed by atoms with Crippen LogP contribution in [-0.4, -0.2) is 24.0 Å². The van der Waals surface area contributed by atoms with E-state index >= 15 is 0 Å². The number of esters is 1. The van der Waals surface area contributed by atoms with Crippen LogP contribution in [0.4, 0.5) is 5.69 Å². The van der Waals surface area contributed by atoms with Crippen LogP contribution in [0.15, 0.2) is 59.5 Å². The van der Waals surface area contributed by atoms with Crippen LogP contribution in [0.2, 0.25) is 0 Å². The summed E-state index contributed by atoms with van der Waals surface area (Å²) < 4.78 is 32.9. The quantitative estimate of drug-likeness (QED) is 0.711. The number of hydrogen-bond acceptors (Lipinski definition) is 5. The first-order valence-electron chi connectivity index (χ1n) is 8.06. The van der Waals surface area contributed by atoms with E-state index in [9.17, 15) is 13.2 Å². The van der Waals surface area contributed by atoms with Gasteiger partial charge in [-0.1, -0.05) is 36.4 Å². The fraction of sp³-hybridized carbons (Fsp3) is 0.211. The fourth-order valence-corrected chi connectivity index (χ4v) is 4.25. The van der Waals surface area contributed by atoms with E-state index in [4.69, 9.17) is 10.5 Å². The normalized spacial score (nSPS) is 12.3. The van der Waals surface area contributed by atoms with Gasteiger partial charge in [0.05, 0.1) is 16.1 Å². The average molecular weight is 372 g/mol. The Balaban J connectivity index is 2.34. The number of para-hydroxylation sites is 1. The average Bonchev–Trinajstić information content (AvgIpc) is 2.88. The lowest BCUT2D eigenvalue weighted by molar-refractivity contribution is 0.00633. The van der Waals surface area contributed by atoms with Gasteiger partial charge in [-0.05, 0) is 39.0 Å². The van der Waals surface area contributed by atoms with Gasteiger partial charge in [0.15, 0.2) is 5.69 Å². The molecule has 26 heavy (non-hydrogen) atoms. The molecule has 7 heteroatoms. The second-order valence-electron chi connectivity index (χ2n) is 6.86. The minimum absolute atomic E-state index is 0.0607. The third-order valence-electron chi connectivity index (χ3n) is 3.74. The molecule has 0 atom stereocenters. The molecule has 0 radical (unpaired) electrons. The molecule has 6 nitrogen and oxygen atoms in total. The van der Waals surface area contributed by atoms with Crippen molar-refractivity contribution < 1.29 is 17.9 Å². The molecule has 0 unspecified atom stereocenters. The summed E-state index contributed by atoms with van der Waals surface area (Å²) in [6, 6.07) is 14.6. The molecule has 0 aliphatic heterocycles. The molecule has 1 aromatic heterocycles. The predicted molar refractivity (Wildman–Crippen MR) is 101 cm³/mol. The van der Waals surface area contributed by atoms with E-state index in [2.05, 4.69) is 0 Å². The number of rotatable bonds is 3. The first kappa shape index (κ1) is 18.0. The minimum atomic E-state index is -4.04. The molecule has 1 heterocycles. The maximum atomic E-state index is 13.3. The summed E-state index contributed by atoms with van der Waals surface area (Å²) in [5, 5.41) is 0.480. The molecule has 2 N–H and O–H groups in total. The van der Waals surface area contributed by atoms with Crippen molar-refractivity contribution in [3.05, 3.63) is 60.3 Å². The smallest absolute Gasteiger partial charge is 0.358 e. The van der Waals surface area contributed by atoms with Crippen LogP contribution in [0.3, 0.4) is 0 Å². The Hall–Kier alpha value is -2.80. The fourth-order valence-electron chi connectivity index (χ4n) is 2.70. The molecule has 0 bridgehead atoms. The zero-order valence-electron chi connectivity index (χ0n) is 14.8. The van der Waals surface area contributed by atoms with Crippen LogP contribution >= 0.6 is 0 Å². The van der Waals surface area contributed by atoms with Crippen LogP contribution in [0.25, 0.3) is 10.9 Å². The Bertz CT molecular complexity index is 1080. The van der Waals surface area contributed by atoms with Gasteiger partial charge in [0, 0.05) is 5.39 Å². The third-order valence-corrected chi connectivity index (χ3v) is 5.47. The minimum Gasteiger partial charge on any atom is -0.455 e. The van der Waals surface area contributed by atoms with Crippen molar-refractivity contribution in [1.82, 2.24) is 3.97 Å². The summed E-state index contributed by atoms with van der Waals surface area (Å²) in [5.74, 6) is -0.786. The van der Waals surface area contributed by atoms with Crippen LogP contribution < -0.4 is 5.73 Å². The lowest BCUT2D eigenvalue weighted by Gasteiger charge is -2.20. The number of anilines is 1. The number of aromatic nitrogens is 1. The largest absolute Gasteiger partial charge is 0.455 e. The number of ether oxygens (including phenoxy) is 1. The zero-order chi connectivity index (χ0) is 19.1. The topological polar surface area (TPSA) is 91.4 Å². The van der Waals surface area contributed by atoms with Crippen LogP contribution in [-0.2, 0) is 14.8 Å². The van der Waals surface area contributed by atoms with Gasteiger partial charge < -0.3 is 10.5 Å². The highest BCUT2D eigenvalue weighted by Gasteiger charge is 2.32. The lowest BCUT2D eigenvalue weighted by atomic mass is 10.2. The van der Waals surface area contributed by atoms with Crippen molar-refractivity contribution in [1.29, 1.82) is 0 Å². The highest BCUT2D eigenvalue weighted by atomic mass is 32.2. The molecular formula is C19H20N2O4S. The monoisotopic (exact) mass is 372 g/mol. The van der Waals surface area contributed by atoms with Gasteiger partial charge in [0.2, 0.25) is 0 Å². The summed E-state index contributed by atoms with van der Waals surface area (Å²) in [4.78, 5) is 12.8. The van der Waals surface area contributed by atoms with Gasteiger partial charge >= 0.3 is 5.97 Å². The highest BCUT2D eigenvalue weighted by molar-refractivity contribution is 7.90. The number of carbonyl (C=O) groups is 1. The van der Waals surface area contributed by atoms with E-state index < -0.39 is 21.6 Å². The van der Waals surface area contributed by atoms with E-state index in [-0.39, 0.29) is 16.3 Å². The molecule has 2 aromatic carbocycles. The molecule has 136 valence electrons. The molecule has 3 aromatic rings. The standard InChI is InChI=1S/C19H20N2O4S/c1-19(2,3)25-18(22)17-16(20)14-11-7-8-12-15(14)21(17)26(23,24)13-9-5-4-6-10-13/h4-12H,20H2,1-3H3. The Morgan fingerprint density at radius 3 is 2.19 bits per heavy atom. The van der Waals surface area contributed by atoms with Gasteiger partial charge in [-0.2, -0.15) is 0 Å². The Morgan fingerprint density at radius 1 is 1.00 bits per heavy atom. The van der Waals surface area contributed by atoms with E-state index in [1.807, 2.05) is 0 Å². The molecule has 3 rings (SSSR count). The number of nitrogens with two attached hydrogens (primary N) is 1. The maximum Gasteiger partial charge on any atom is 0.358 e. The summed E-state index contributed by atoms with van der Waals surface area (Å²) in [6.45, 7) is 5.12. The first-order chi connectivity index (χ1) is 12.1. The van der Waals surface area contributed by atoms with Crippen LogP contribution in [0.5, 0.6) is 0 Å². The van der Waals surface area contributed by atoms with Crippen LogP contribution in [0.1, 0.15) is 31.3 Å². The number of nitrogen functional groups attached to an aromatic ring is 1. The van der Waals surface area contributed by atoms with Crippen molar-refractivity contribution in [3.8, 4) is 0 Å². The molecule has 0 saturated carbocycles. The Kier molecular flexibility index (Phi) is 4.28. The molecule has 0 saturated heterocycles. The van der Waals surface area contributed by atoms with Gasteiger partial charge in [0.1, 0.15) is 5.60 Å². The van der Waals surface area contributed by atoms with E-state index in [1.165, 1.54) is 12.1 Å². The van der Waals surface area contributed by atoms with Gasteiger partial charge in [-0.25, -0.2) is 17.2 Å². The van der Waals surface area contributed by atoms with Crippen molar-refractivity contribution in [3.63, 3.8) is 0 Å². The number of fused-ring (bicyclic) bond motifs is 1. The second kappa shape index (κ2) is 6.17. The number of carbonyl (C=O) groups excluding carboxylic acids is 1. The van der Waals surface area contributed by atoms with Crippen molar-refractivity contribution in [2.75, 3.05) is 5.73 Å². The summed E-state index contributed by atoms with van der Waals surface area (Å²) in [5.41, 5.74) is 5.57. The summed E-state index contributed by atoms with van der Waals surface area (Å²) in [6.07, 6.45) is 0. The SMILES string of the molecule is CC(C)(C)OC(=O)c1c(N)c2ccccc2n1S(=O)(=O)c1ccccc1. The number of benzene rings is 2. The molecular weight excluding hydrogens is 352 g/mol. The summed E-state index contributed by atoms with van der Waals surface area (Å²) >= 11 is 0. The first-order valence-corrected chi connectivity index (χ1v) is 9.50. The number of hydrogen-bond donors (Lipinski definition) is 1. The van der Waals surface area contributed by atoms with Gasteiger partial charge in [-0.15, -0.1) is 0 Å². The van der Waals surface area contributed by atoms with E-state index in [1.54, 1.807) is 63.2 Å². The van der Waals surface area contributed by atoms with Gasteiger partial charge in [-0.3, -0.25) is 0 Å². The number of nitrogens with zero attached hydrogens (tertiary/aromatic N) is 1. The maximum absolute atomic E-state index is 13.3. The predicted octanol–water partition coefficient (Wildman–Crippen LogP) is 3.42. The lowest BCUT2D eigenvalue weighted by Crippen LogP contribution is -2.27. The molecule has 0 fully saturated rings. The molecule has 0 spiro atoms. The molecule has 0 aliphatic rings. The van der Waals surface area contributed by atoms with Crippen LogP contribution in [0, 0.1) is 0 Å². The summed E-state index contributed by atoms with van der Waals surface area (Å²) in [7, 11) is -4.04. The molecule has 0 amide bonds. The van der Waals surface area contributed by atoms with Crippen molar-refractivity contribution in [2.45, 2.75) is 31.3 Å². The molecule has 0 aliphatic carbocycles. The zero-order valence-corrected chi connectivity index (χ0v) is 15.6. The van der Waals surface area contributed by atoms with Gasteiger partial charge in [0.25, 0.3) is 10.0 Å². The van der Waals surface area contributed by atoms with Crippen molar-refractivity contribution >= 4 is 32.6 Å². The van der Waals surface area contributed by atoms with E-state index in [0.29, 0.717) is 10.9 Å². The highest BCUT2D eigenvalue weighted by Crippen LogP contribution is 2.33. The second-order valence-corrected chi connectivity index (χ2v) is 8.65. The third kappa shape index (κ3) is 3.06. The van der Waals surface area contributed by atoms with Crippen molar-refractivity contribution in [2.24, 2.45) is 0 Å².